The van der Waals surface area contributed by atoms with Gasteiger partial charge in [-0.15, -0.1) is 0 Å². The molecule has 0 amide bonds. The highest BCUT2D eigenvalue weighted by Gasteiger charge is 2.03. The van der Waals surface area contributed by atoms with Gasteiger partial charge < -0.3 is 0 Å². The number of benzene rings is 2. The molecule has 0 unspecified atom stereocenters. The van der Waals surface area contributed by atoms with Gasteiger partial charge in [0.05, 0.1) is 0 Å². The largest absolute Gasteiger partial charge is 0.276 e. The van der Waals surface area contributed by atoms with Crippen molar-refractivity contribution < 1.29 is 9.59 Å². The first kappa shape index (κ1) is 15.7. The Kier molecular flexibility index (Phi) is 5.54. The molecule has 0 aromatic heterocycles. The molecule has 0 aliphatic carbocycles. The lowest BCUT2D eigenvalue weighted by Crippen LogP contribution is -1.94. The highest BCUT2D eigenvalue weighted by atomic mass is 35.5. The Labute approximate surface area is 133 Å². The molecule has 0 heterocycles. The van der Waals surface area contributed by atoms with Crippen LogP contribution in [0.4, 0.5) is 0 Å². The van der Waals surface area contributed by atoms with Gasteiger partial charge in [-0.25, -0.2) is 0 Å². The van der Waals surface area contributed by atoms with Gasteiger partial charge in [-0.3, -0.25) is 9.59 Å². The van der Waals surface area contributed by atoms with E-state index < -0.39 is 10.5 Å². The van der Waals surface area contributed by atoms with E-state index in [1.807, 2.05) is 24.3 Å². The fraction of sp³-hybridized carbons (Fsp3) is 0.176. The highest BCUT2D eigenvalue weighted by Crippen LogP contribution is 2.12. The van der Waals surface area contributed by atoms with Crippen LogP contribution in [0, 0.1) is 0 Å². The molecular weight excluding hydrogens is 307 g/mol. The molecule has 0 radical (unpaired) electrons. The van der Waals surface area contributed by atoms with Crippen molar-refractivity contribution in [2.75, 3.05) is 0 Å². The van der Waals surface area contributed by atoms with Crippen LogP contribution < -0.4 is 0 Å². The fourth-order valence-electron chi connectivity index (χ4n) is 2.10. The van der Waals surface area contributed by atoms with Crippen molar-refractivity contribution in [1.82, 2.24) is 0 Å². The van der Waals surface area contributed by atoms with Crippen molar-refractivity contribution in [3.63, 3.8) is 0 Å². The molecule has 21 heavy (non-hydrogen) atoms. The second kappa shape index (κ2) is 7.39. The molecule has 0 aliphatic heterocycles. The van der Waals surface area contributed by atoms with Crippen molar-refractivity contribution in [2.45, 2.75) is 19.3 Å². The van der Waals surface area contributed by atoms with E-state index >= 15 is 0 Å². The van der Waals surface area contributed by atoms with Crippen molar-refractivity contribution in [3.8, 4) is 0 Å². The molecule has 2 rings (SSSR count). The van der Waals surface area contributed by atoms with E-state index in [9.17, 15) is 9.59 Å². The summed E-state index contributed by atoms with van der Waals surface area (Å²) in [7, 11) is 0. The number of carbonyl (C=O) groups is 2. The molecule has 0 saturated heterocycles. The van der Waals surface area contributed by atoms with Gasteiger partial charge in [-0.2, -0.15) is 0 Å². The highest BCUT2D eigenvalue weighted by molar-refractivity contribution is 6.68. The number of halogens is 2. The first-order chi connectivity index (χ1) is 10.1. The van der Waals surface area contributed by atoms with Crippen LogP contribution in [0.2, 0.25) is 0 Å². The van der Waals surface area contributed by atoms with E-state index in [2.05, 4.69) is 0 Å². The third-order valence-electron chi connectivity index (χ3n) is 3.29. The summed E-state index contributed by atoms with van der Waals surface area (Å²) in [5.74, 6) is 0. The Hall–Kier alpha value is -1.64. The average molecular weight is 321 g/mol. The van der Waals surface area contributed by atoms with Crippen molar-refractivity contribution in [3.05, 3.63) is 70.8 Å². The molecule has 0 fully saturated rings. The number of carbonyl (C=O) groups excluding carboxylic acids is 2. The zero-order valence-electron chi connectivity index (χ0n) is 11.3. The second-order valence-corrected chi connectivity index (χ2v) is 5.48. The zero-order valence-corrected chi connectivity index (χ0v) is 12.8. The van der Waals surface area contributed by atoms with E-state index in [0.717, 1.165) is 19.3 Å². The summed E-state index contributed by atoms with van der Waals surface area (Å²) < 4.78 is 0. The summed E-state index contributed by atoms with van der Waals surface area (Å²) in [6.07, 6.45) is 2.84. The lowest BCUT2D eigenvalue weighted by molar-refractivity contribution is 0.107. The molecule has 4 heteroatoms. The zero-order chi connectivity index (χ0) is 15.2. The molecule has 108 valence electrons. The van der Waals surface area contributed by atoms with Crippen LogP contribution in [0.3, 0.4) is 0 Å². The molecule has 0 saturated carbocycles. The number of hydrogen-bond acceptors (Lipinski definition) is 2. The van der Waals surface area contributed by atoms with E-state index in [4.69, 9.17) is 23.2 Å². The van der Waals surface area contributed by atoms with Gasteiger partial charge in [0.15, 0.2) is 0 Å². The number of rotatable bonds is 6. The predicted octanol–water partition coefficient (Wildman–Crippen LogP) is 4.62. The molecule has 0 aliphatic rings. The Morgan fingerprint density at radius 2 is 1.00 bits per heavy atom. The lowest BCUT2D eigenvalue weighted by atomic mass is 10.0. The normalized spacial score (nSPS) is 10.4. The van der Waals surface area contributed by atoms with E-state index in [-0.39, 0.29) is 0 Å². The van der Waals surface area contributed by atoms with Crippen LogP contribution in [0.15, 0.2) is 48.5 Å². The minimum Gasteiger partial charge on any atom is -0.276 e. The van der Waals surface area contributed by atoms with Gasteiger partial charge in [0.25, 0.3) is 10.5 Å². The van der Waals surface area contributed by atoms with Gasteiger partial charge in [-0.05, 0) is 77.9 Å². The second-order valence-electron chi connectivity index (χ2n) is 4.79. The summed E-state index contributed by atoms with van der Waals surface area (Å²) in [5.41, 5.74) is 3.37. The third kappa shape index (κ3) is 4.69. The first-order valence-electron chi connectivity index (χ1n) is 6.64. The van der Waals surface area contributed by atoms with E-state index in [0.29, 0.717) is 11.1 Å². The smallest absolute Gasteiger partial charge is 0.252 e. The average Bonchev–Trinajstić information content (AvgIpc) is 2.48. The van der Waals surface area contributed by atoms with Gasteiger partial charge in [0, 0.05) is 11.1 Å². The molecule has 2 aromatic carbocycles. The minimum atomic E-state index is -0.435. The van der Waals surface area contributed by atoms with Crippen LogP contribution in [-0.4, -0.2) is 10.5 Å². The van der Waals surface area contributed by atoms with E-state index in [1.165, 1.54) is 11.1 Å². The van der Waals surface area contributed by atoms with Crippen LogP contribution in [0.5, 0.6) is 0 Å². The topological polar surface area (TPSA) is 34.1 Å². The number of hydrogen-bond donors (Lipinski definition) is 0. The summed E-state index contributed by atoms with van der Waals surface area (Å²) in [4.78, 5) is 21.9. The fourth-order valence-corrected chi connectivity index (χ4v) is 2.35. The summed E-state index contributed by atoms with van der Waals surface area (Å²) >= 11 is 10.8. The van der Waals surface area contributed by atoms with Crippen molar-refractivity contribution >= 4 is 33.7 Å². The van der Waals surface area contributed by atoms with Crippen molar-refractivity contribution in [2.24, 2.45) is 0 Å². The van der Waals surface area contributed by atoms with E-state index in [1.54, 1.807) is 24.3 Å². The van der Waals surface area contributed by atoms with Gasteiger partial charge in [0.1, 0.15) is 0 Å². The van der Waals surface area contributed by atoms with Crippen LogP contribution in [0.25, 0.3) is 0 Å². The minimum absolute atomic E-state index is 0.435. The van der Waals surface area contributed by atoms with Gasteiger partial charge in [-0.1, -0.05) is 24.3 Å². The Morgan fingerprint density at radius 1 is 0.667 bits per heavy atom. The molecule has 2 nitrogen and oxygen atoms in total. The molecule has 2 aromatic rings. The molecule has 0 spiro atoms. The maximum Gasteiger partial charge on any atom is 0.252 e. The Bertz CT molecular complexity index is 573. The summed E-state index contributed by atoms with van der Waals surface area (Å²) in [6, 6.07) is 14.7. The molecule has 0 bridgehead atoms. The van der Waals surface area contributed by atoms with Crippen LogP contribution in [0.1, 0.15) is 38.3 Å². The Balaban J connectivity index is 1.86. The third-order valence-corrected chi connectivity index (χ3v) is 3.73. The first-order valence-corrected chi connectivity index (χ1v) is 7.39. The SMILES string of the molecule is O=C(Cl)c1ccc(CCCc2ccc(C(=O)Cl)cc2)cc1. The van der Waals surface area contributed by atoms with Gasteiger partial charge >= 0.3 is 0 Å². The number of aryl methyl sites for hydroxylation is 2. The van der Waals surface area contributed by atoms with Crippen LogP contribution in [-0.2, 0) is 12.8 Å². The van der Waals surface area contributed by atoms with Crippen molar-refractivity contribution in [1.29, 1.82) is 0 Å². The maximum atomic E-state index is 11.0. The Morgan fingerprint density at radius 3 is 1.29 bits per heavy atom. The maximum absolute atomic E-state index is 11.0. The standard InChI is InChI=1S/C17H14Cl2O2/c18-16(20)14-8-4-12(5-9-14)2-1-3-13-6-10-15(11-7-13)17(19)21/h4-11H,1-3H2. The predicted molar refractivity (Wildman–Crippen MR) is 85.3 cm³/mol. The van der Waals surface area contributed by atoms with Gasteiger partial charge in [0.2, 0.25) is 0 Å². The molecule has 0 N–H and O–H groups in total. The quantitative estimate of drug-likeness (QED) is 0.728. The lowest BCUT2D eigenvalue weighted by Gasteiger charge is -2.04. The molecular formula is C17H14Cl2O2. The summed E-state index contributed by atoms with van der Waals surface area (Å²) in [5, 5.41) is -0.869. The van der Waals surface area contributed by atoms with Crippen LogP contribution >= 0.6 is 23.2 Å². The monoisotopic (exact) mass is 320 g/mol. The summed E-state index contributed by atoms with van der Waals surface area (Å²) in [6.45, 7) is 0. The molecule has 0 atom stereocenters.